The van der Waals surface area contributed by atoms with E-state index in [0.29, 0.717) is 6.54 Å². The third kappa shape index (κ3) is 5.58. The number of halogens is 2. The summed E-state index contributed by atoms with van der Waals surface area (Å²) in [6, 6.07) is 8.45. The number of ether oxygens (including phenoxy) is 1. The number of carbonyl (C=O) groups is 2. The number of likely N-dealkylation sites (N-methyl/N-ethyl adjacent to an activating group) is 1. The van der Waals surface area contributed by atoms with Crippen LogP contribution >= 0.6 is 11.6 Å². The molecule has 0 fully saturated rings. The van der Waals surface area contributed by atoms with Gasteiger partial charge in [0.15, 0.2) is 6.61 Å². The number of benzene rings is 2. The highest BCUT2D eigenvalue weighted by Gasteiger charge is 2.28. The van der Waals surface area contributed by atoms with Crippen LogP contribution in [0, 0.1) is 5.82 Å². The molecule has 0 bridgehead atoms. The predicted molar refractivity (Wildman–Crippen MR) is 112 cm³/mol. The molecule has 160 valence electrons. The Kier molecular flexibility index (Phi) is 7.96. The first-order valence-electron chi connectivity index (χ1n) is 8.83. The molecule has 2 aromatic carbocycles. The summed E-state index contributed by atoms with van der Waals surface area (Å²) in [6.07, 6.45) is 1.36. The quantitative estimate of drug-likeness (QED) is 0.464. The SMILES string of the molecule is C=CCN(c1ccc(F)cc1)S(=O)(=O)c1cc(C(=O)OCC(=O)NCC)ccc1Cl. The Bertz CT molecular complexity index is 1040. The van der Waals surface area contributed by atoms with Crippen molar-refractivity contribution in [2.75, 3.05) is 24.0 Å². The van der Waals surface area contributed by atoms with E-state index in [0.717, 1.165) is 22.5 Å². The van der Waals surface area contributed by atoms with E-state index in [1.165, 1.54) is 30.3 Å². The Morgan fingerprint density at radius 1 is 1.23 bits per heavy atom. The molecule has 1 amide bonds. The summed E-state index contributed by atoms with van der Waals surface area (Å²) in [4.78, 5) is 23.3. The topological polar surface area (TPSA) is 92.8 Å². The van der Waals surface area contributed by atoms with Crippen molar-refractivity contribution in [3.8, 4) is 0 Å². The fourth-order valence-electron chi connectivity index (χ4n) is 2.48. The third-order valence-corrected chi connectivity index (χ3v) is 6.13. The van der Waals surface area contributed by atoms with Crippen molar-refractivity contribution < 1.29 is 27.1 Å². The first kappa shape index (κ1) is 23.4. The highest BCUT2D eigenvalue weighted by molar-refractivity contribution is 7.93. The summed E-state index contributed by atoms with van der Waals surface area (Å²) < 4.78 is 45.6. The van der Waals surface area contributed by atoms with E-state index in [1.807, 2.05) is 0 Å². The van der Waals surface area contributed by atoms with Gasteiger partial charge in [-0.05, 0) is 49.4 Å². The lowest BCUT2D eigenvalue weighted by Crippen LogP contribution is -2.31. The van der Waals surface area contributed by atoms with Gasteiger partial charge in [-0.3, -0.25) is 9.10 Å². The van der Waals surface area contributed by atoms with E-state index >= 15 is 0 Å². The van der Waals surface area contributed by atoms with Crippen LogP contribution in [-0.4, -0.2) is 40.0 Å². The number of amides is 1. The van der Waals surface area contributed by atoms with Gasteiger partial charge < -0.3 is 10.1 Å². The first-order valence-corrected chi connectivity index (χ1v) is 10.6. The number of anilines is 1. The first-order chi connectivity index (χ1) is 14.2. The molecule has 0 aliphatic rings. The molecule has 7 nitrogen and oxygen atoms in total. The Morgan fingerprint density at radius 3 is 2.50 bits per heavy atom. The van der Waals surface area contributed by atoms with Gasteiger partial charge in [-0.1, -0.05) is 17.7 Å². The number of rotatable bonds is 9. The van der Waals surface area contributed by atoms with Gasteiger partial charge in [-0.2, -0.15) is 0 Å². The summed E-state index contributed by atoms with van der Waals surface area (Å²) in [5.74, 6) is -1.89. The molecular formula is C20H20ClFN2O5S. The van der Waals surface area contributed by atoms with Gasteiger partial charge in [0.1, 0.15) is 10.7 Å². The second-order valence-corrected chi connectivity index (χ2v) is 8.21. The minimum atomic E-state index is -4.24. The lowest BCUT2D eigenvalue weighted by Gasteiger charge is -2.24. The zero-order valence-corrected chi connectivity index (χ0v) is 17.7. The minimum absolute atomic E-state index is 0.0973. The Labute approximate surface area is 179 Å². The lowest BCUT2D eigenvalue weighted by atomic mass is 10.2. The predicted octanol–water partition coefficient (Wildman–Crippen LogP) is 3.15. The van der Waals surface area contributed by atoms with Crippen LogP contribution in [0.15, 0.2) is 60.0 Å². The molecule has 0 spiro atoms. The molecule has 0 aliphatic heterocycles. The van der Waals surface area contributed by atoms with Gasteiger partial charge in [0.2, 0.25) is 0 Å². The molecule has 30 heavy (non-hydrogen) atoms. The second-order valence-electron chi connectivity index (χ2n) is 5.98. The molecule has 0 atom stereocenters. The van der Waals surface area contributed by atoms with Crippen molar-refractivity contribution in [1.82, 2.24) is 5.32 Å². The van der Waals surface area contributed by atoms with Crippen molar-refractivity contribution in [3.05, 3.63) is 71.5 Å². The van der Waals surface area contributed by atoms with Crippen molar-refractivity contribution in [2.24, 2.45) is 0 Å². The number of sulfonamides is 1. The van der Waals surface area contributed by atoms with E-state index in [2.05, 4.69) is 11.9 Å². The van der Waals surface area contributed by atoms with E-state index in [9.17, 15) is 22.4 Å². The molecule has 0 heterocycles. The normalized spacial score (nSPS) is 10.9. The van der Waals surface area contributed by atoms with Crippen molar-refractivity contribution >= 4 is 39.2 Å². The maximum Gasteiger partial charge on any atom is 0.338 e. The smallest absolute Gasteiger partial charge is 0.338 e. The Balaban J connectivity index is 2.39. The average Bonchev–Trinajstić information content (AvgIpc) is 2.71. The molecule has 2 rings (SSSR count). The van der Waals surface area contributed by atoms with E-state index in [1.54, 1.807) is 6.92 Å². The van der Waals surface area contributed by atoms with Gasteiger partial charge in [-0.15, -0.1) is 6.58 Å². The van der Waals surface area contributed by atoms with Crippen molar-refractivity contribution in [2.45, 2.75) is 11.8 Å². The summed E-state index contributed by atoms with van der Waals surface area (Å²) in [7, 11) is -4.24. The van der Waals surface area contributed by atoms with E-state index in [4.69, 9.17) is 16.3 Å². The van der Waals surface area contributed by atoms with Crippen LogP contribution in [0.3, 0.4) is 0 Å². The highest BCUT2D eigenvalue weighted by Crippen LogP contribution is 2.29. The highest BCUT2D eigenvalue weighted by atomic mass is 35.5. The van der Waals surface area contributed by atoms with Crippen LogP contribution in [0.1, 0.15) is 17.3 Å². The van der Waals surface area contributed by atoms with Crippen molar-refractivity contribution in [3.63, 3.8) is 0 Å². The Hall–Kier alpha value is -2.91. The molecular weight excluding hydrogens is 435 g/mol. The summed E-state index contributed by atoms with van der Waals surface area (Å²) in [5, 5.41) is 2.35. The summed E-state index contributed by atoms with van der Waals surface area (Å²) in [5.41, 5.74) is 0.0940. The fraction of sp³-hybridized carbons (Fsp3) is 0.200. The van der Waals surface area contributed by atoms with Gasteiger partial charge >= 0.3 is 5.97 Å². The number of hydrogen-bond acceptors (Lipinski definition) is 5. The standard InChI is InChI=1S/C20H20ClFN2O5S/c1-3-11-24(16-8-6-15(22)7-9-16)30(27,28)18-12-14(5-10-17(18)21)20(26)29-13-19(25)23-4-2/h3,5-10,12H,1,4,11,13H2,2H3,(H,23,25). The van der Waals surface area contributed by atoms with Crippen LogP contribution in [-0.2, 0) is 19.6 Å². The largest absolute Gasteiger partial charge is 0.452 e. The van der Waals surface area contributed by atoms with Crippen molar-refractivity contribution in [1.29, 1.82) is 0 Å². The molecule has 1 N–H and O–H groups in total. The lowest BCUT2D eigenvalue weighted by molar-refractivity contribution is -0.124. The molecule has 0 radical (unpaired) electrons. The van der Waals surface area contributed by atoms with E-state index < -0.39 is 34.3 Å². The Morgan fingerprint density at radius 2 is 1.90 bits per heavy atom. The molecule has 0 aliphatic carbocycles. The van der Waals surface area contributed by atoms with E-state index in [-0.39, 0.29) is 27.7 Å². The zero-order valence-electron chi connectivity index (χ0n) is 16.1. The number of nitrogens with one attached hydrogen (secondary N) is 1. The molecule has 2 aromatic rings. The molecule has 10 heteroatoms. The maximum atomic E-state index is 13.2. The van der Waals surface area contributed by atoms with Crippen LogP contribution in [0.25, 0.3) is 0 Å². The van der Waals surface area contributed by atoms with Gasteiger partial charge in [-0.25, -0.2) is 17.6 Å². The minimum Gasteiger partial charge on any atom is -0.452 e. The van der Waals surface area contributed by atoms with Gasteiger partial charge in [0.25, 0.3) is 15.9 Å². The molecule has 0 saturated heterocycles. The van der Waals surface area contributed by atoms with Crippen LogP contribution in [0.5, 0.6) is 0 Å². The average molecular weight is 455 g/mol. The number of nitrogens with zero attached hydrogens (tertiary/aromatic N) is 1. The summed E-state index contributed by atoms with van der Waals surface area (Å²) >= 11 is 6.10. The zero-order chi connectivity index (χ0) is 22.3. The molecule has 0 saturated carbocycles. The molecule has 0 aromatic heterocycles. The third-order valence-electron chi connectivity index (χ3n) is 3.85. The summed E-state index contributed by atoms with van der Waals surface area (Å²) in [6.45, 7) is 5.02. The van der Waals surface area contributed by atoms with Crippen LogP contribution in [0.4, 0.5) is 10.1 Å². The molecule has 0 unspecified atom stereocenters. The van der Waals surface area contributed by atoms with Crippen LogP contribution < -0.4 is 9.62 Å². The van der Waals surface area contributed by atoms with Gasteiger partial charge in [0, 0.05) is 6.54 Å². The monoisotopic (exact) mass is 454 g/mol. The van der Waals surface area contributed by atoms with Gasteiger partial charge in [0.05, 0.1) is 22.8 Å². The second kappa shape index (κ2) is 10.2. The fourth-order valence-corrected chi connectivity index (χ4v) is 4.42. The number of carbonyl (C=O) groups excluding carboxylic acids is 2. The maximum absolute atomic E-state index is 13.2. The number of esters is 1. The van der Waals surface area contributed by atoms with Crippen LogP contribution in [0.2, 0.25) is 5.02 Å². The number of hydrogen-bond donors (Lipinski definition) is 1.